The summed E-state index contributed by atoms with van der Waals surface area (Å²) in [6.07, 6.45) is 0. The maximum atomic E-state index is 9.84. The molecule has 0 saturated heterocycles. The SMILES string of the molecule is CNc1nc(-c2cc(Br)c(O)c(OC)c2)nc(C)c1I. The molecule has 0 bridgehead atoms. The molecular weight excluding hydrogens is 437 g/mol. The molecule has 106 valence electrons. The molecule has 0 aliphatic carbocycles. The van der Waals surface area contributed by atoms with Gasteiger partial charge in [-0.05, 0) is 57.6 Å². The highest BCUT2D eigenvalue weighted by molar-refractivity contribution is 14.1. The monoisotopic (exact) mass is 449 g/mol. The summed E-state index contributed by atoms with van der Waals surface area (Å²) in [6.45, 7) is 1.93. The zero-order valence-corrected chi connectivity index (χ0v) is 14.9. The molecule has 0 unspecified atom stereocenters. The molecule has 0 aliphatic rings. The first-order chi connectivity index (χ1) is 9.47. The van der Waals surface area contributed by atoms with Crippen LogP contribution in [0.5, 0.6) is 11.5 Å². The smallest absolute Gasteiger partial charge is 0.172 e. The van der Waals surface area contributed by atoms with Crippen molar-refractivity contribution in [3.63, 3.8) is 0 Å². The number of nitrogens with one attached hydrogen (secondary N) is 1. The highest BCUT2D eigenvalue weighted by Crippen LogP contribution is 2.38. The maximum absolute atomic E-state index is 9.84. The molecule has 1 heterocycles. The lowest BCUT2D eigenvalue weighted by Crippen LogP contribution is -2.03. The van der Waals surface area contributed by atoms with Crippen molar-refractivity contribution < 1.29 is 9.84 Å². The third kappa shape index (κ3) is 2.83. The van der Waals surface area contributed by atoms with Crippen LogP contribution in [-0.2, 0) is 0 Å². The first-order valence-electron chi connectivity index (χ1n) is 5.76. The Morgan fingerprint density at radius 2 is 2.05 bits per heavy atom. The van der Waals surface area contributed by atoms with Gasteiger partial charge in [-0.15, -0.1) is 0 Å². The van der Waals surface area contributed by atoms with Crippen molar-refractivity contribution in [2.45, 2.75) is 6.92 Å². The minimum atomic E-state index is 0.0623. The second kappa shape index (κ2) is 6.13. The lowest BCUT2D eigenvalue weighted by atomic mass is 10.2. The van der Waals surface area contributed by atoms with Gasteiger partial charge in [0.1, 0.15) is 5.82 Å². The van der Waals surface area contributed by atoms with Gasteiger partial charge in [-0.2, -0.15) is 0 Å². The number of phenolic OH excluding ortho intramolecular Hbond substituents is 1. The zero-order valence-electron chi connectivity index (χ0n) is 11.2. The molecule has 2 rings (SSSR count). The third-order valence-electron chi connectivity index (χ3n) is 2.76. The molecule has 5 nitrogen and oxygen atoms in total. The van der Waals surface area contributed by atoms with Crippen molar-refractivity contribution in [3.8, 4) is 22.9 Å². The molecule has 0 spiro atoms. The average molecular weight is 450 g/mol. The minimum absolute atomic E-state index is 0.0623. The number of aromatic hydroxyl groups is 1. The number of aromatic nitrogens is 2. The van der Waals surface area contributed by atoms with Crippen LogP contribution in [0.15, 0.2) is 16.6 Å². The summed E-state index contributed by atoms with van der Waals surface area (Å²) < 4.78 is 6.67. The topological polar surface area (TPSA) is 67.3 Å². The number of methoxy groups -OCH3 is 1. The van der Waals surface area contributed by atoms with E-state index in [2.05, 4.69) is 53.8 Å². The Hall–Kier alpha value is -1.09. The van der Waals surface area contributed by atoms with Crippen molar-refractivity contribution in [2.24, 2.45) is 0 Å². The molecule has 0 atom stereocenters. The fraction of sp³-hybridized carbons (Fsp3) is 0.231. The standard InChI is InChI=1S/C13H13BrIN3O2/c1-6-10(15)13(16-2)18-12(17-6)7-4-8(14)11(19)9(5-7)20-3/h4-5,19H,1-3H3,(H,16,17,18). The van der Waals surface area contributed by atoms with Gasteiger partial charge in [-0.1, -0.05) is 0 Å². The third-order valence-corrected chi connectivity index (χ3v) is 4.66. The molecule has 7 heteroatoms. The van der Waals surface area contributed by atoms with Gasteiger partial charge in [-0.25, -0.2) is 9.97 Å². The quantitative estimate of drug-likeness (QED) is 0.701. The van der Waals surface area contributed by atoms with E-state index in [0.29, 0.717) is 16.0 Å². The van der Waals surface area contributed by atoms with Crippen molar-refractivity contribution in [1.29, 1.82) is 0 Å². The van der Waals surface area contributed by atoms with E-state index in [1.807, 2.05) is 14.0 Å². The number of nitrogens with zero attached hydrogens (tertiary/aromatic N) is 2. The van der Waals surface area contributed by atoms with Gasteiger partial charge in [0.05, 0.1) is 20.8 Å². The zero-order chi connectivity index (χ0) is 14.9. The minimum Gasteiger partial charge on any atom is -0.503 e. The highest BCUT2D eigenvalue weighted by atomic mass is 127. The largest absolute Gasteiger partial charge is 0.503 e. The Bertz CT molecular complexity index is 607. The predicted octanol–water partition coefficient (Wildman–Crippen LogP) is 3.58. The summed E-state index contributed by atoms with van der Waals surface area (Å²) in [4.78, 5) is 8.96. The van der Waals surface area contributed by atoms with Crippen LogP contribution in [0, 0.1) is 10.5 Å². The summed E-state index contributed by atoms with van der Waals surface area (Å²) in [5.74, 6) is 1.79. The van der Waals surface area contributed by atoms with E-state index in [1.165, 1.54) is 7.11 Å². The number of benzene rings is 1. The van der Waals surface area contributed by atoms with Crippen LogP contribution < -0.4 is 10.1 Å². The van der Waals surface area contributed by atoms with E-state index in [9.17, 15) is 5.11 Å². The van der Waals surface area contributed by atoms with Gasteiger partial charge in [0.25, 0.3) is 0 Å². The summed E-state index contributed by atoms with van der Waals surface area (Å²) in [6, 6.07) is 3.47. The van der Waals surface area contributed by atoms with E-state index in [-0.39, 0.29) is 5.75 Å². The van der Waals surface area contributed by atoms with E-state index in [4.69, 9.17) is 4.74 Å². The van der Waals surface area contributed by atoms with Crippen molar-refractivity contribution in [3.05, 3.63) is 25.9 Å². The first-order valence-corrected chi connectivity index (χ1v) is 7.63. The number of rotatable bonds is 3. The fourth-order valence-corrected chi connectivity index (χ4v) is 2.67. The van der Waals surface area contributed by atoms with E-state index in [0.717, 1.165) is 20.6 Å². The molecule has 20 heavy (non-hydrogen) atoms. The summed E-state index contributed by atoms with van der Waals surface area (Å²) in [5, 5.41) is 12.9. The lowest BCUT2D eigenvalue weighted by molar-refractivity contribution is 0.372. The van der Waals surface area contributed by atoms with E-state index in [1.54, 1.807) is 12.1 Å². The second-order valence-corrected chi connectivity index (χ2v) is 5.99. The molecule has 0 aliphatic heterocycles. The fourth-order valence-electron chi connectivity index (χ4n) is 1.71. The lowest BCUT2D eigenvalue weighted by Gasteiger charge is -2.11. The average Bonchev–Trinajstić information content (AvgIpc) is 2.44. The van der Waals surface area contributed by atoms with Crippen molar-refractivity contribution >= 4 is 44.3 Å². The second-order valence-electron chi connectivity index (χ2n) is 4.05. The molecule has 1 aromatic heterocycles. The molecule has 0 amide bonds. The molecule has 0 radical (unpaired) electrons. The summed E-state index contributed by atoms with van der Waals surface area (Å²) in [7, 11) is 3.32. The van der Waals surface area contributed by atoms with Crippen LogP contribution in [0.4, 0.5) is 5.82 Å². The molecule has 0 saturated carbocycles. The number of halogens is 2. The number of anilines is 1. The highest BCUT2D eigenvalue weighted by Gasteiger charge is 2.14. The number of aryl methyl sites for hydroxylation is 1. The molecular formula is C13H13BrIN3O2. The van der Waals surface area contributed by atoms with Gasteiger partial charge in [-0.3, -0.25) is 0 Å². The van der Waals surface area contributed by atoms with Crippen LogP contribution in [0.2, 0.25) is 0 Å². The summed E-state index contributed by atoms with van der Waals surface area (Å²) in [5.41, 5.74) is 1.66. The van der Waals surface area contributed by atoms with Crippen LogP contribution in [0.3, 0.4) is 0 Å². The number of phenols is 1. The Morgan fingerprint density at radius 3 is 2.65 bits per heavy atom. The molecule has 2 aromatic rings. The van der Waals surface area contributed by atoms with Crippen LogP contribution in [0.1, 0.15) is 5.69 Å². The van der Waals surface area contributed by atoms with E-state index >= 15 is 0 Å². The first kappa shape index (κ1) is 15.3. The van der Waals surface area contributed by atoms with Gasteiger partial charge in [0.15, 0.2) is 17.3 Å². The Morgan fingerprint density at radius 1 is 1.35 bits per heavy atom. The molecule has 2 N–H and O–H groups in total. The number of hydrogen-bond donors (Lipinski definition) is 2. The van der Waals surface area contributed by atoms with Crippen LogP contribution in [-0.4, -0.2) is 29.2 Å². The Kier molecular flexibility index (Phi) is 4.69. The van der Waals surface area contributed by atoms with Crippen molar-refractivity contribution in [2.75, 3.05) is 19.5 Å². The van der Waals surface area contributed by atoms with Gasteiger partial charge >= 0.3 is 0 Å². The van der Waals surface area contributed by atoms with E-state index < -0.39 is 0 Å². The molecule has 1 aromatic carbocycles. The predicted molar refractivity (Wildman–Crippen MR) is 90.4 cm³/mol. The van der Waals surface area contributed by atoms with Gasteiger partial charge in [0, 0.05) is 12.6 Å². The van der Waals surface area contributed by atoms with Gasteiger partial charge in [0.2, 0.25) is 0 Å². The normalized spacial score (nSPS) is 10.4. The maximum Gasteiger partial charge on any atom is 0.172 e. The Balaban J connectivity index is 2.62. The Labute approximate surface area is 139 Å². The summed E-state index contributed by atoms with van der Waals surface area (Å²) >= 11 is 5.51. The van der Waals surface area contributed by atoms with Gasteiger partial charge < -0.3 is 15.2 Å². The number of hydrogen-bond acceptors (Lipinski definition) is 5. The van der Waals surface area contributed by atoms with Crippen LogP contribution in [0.25, 0.3) is 11.4 Å². The molecule has 0 fully saturated rings. The van der Waals surface area contributed by atoms with Crippen molar-refractivity contribution in [1.82, 2.24) is 9.97 Å². The number of ether oxygens (including phenoxy) is 1. The van der Waals surface area contributed by atoms with Crippen LogP contribution >= 0.6 is 38.5 Å².